The Morgan fingerprint density at radius 1 is 0.838 bits per heavy atom. The van der Waals surface area contributed by atoms with Gasteiger partial charge in [0.15, 0.2) is 0 Å². The molecule has 4 aromatic carbocycles. The Morgan fingerprint density at radius 2 is 1.51 bits per heavy atom. The van der Waals surface area contributed by atoms with Crippen LogP contribution in [0.2, 0.25) is 5.02 Å². The third-order valence-electron chi connectivity index (χ3n) is 5.81. The van der Waals surface area contributed by atoms with E-state index < -0.39 is 0 Å². The number of ether oxygens (including phenoxy) is 2. The van der Waals surface area contributed by atoms with E-state index in [2.05, 4.69) is 5.16 Å². The SMILES string of the molecule is COc1ccc(C=CC(C=C(Cc2ccccc2Cl)c2ccc(OCc3ccccc3)cc2)=NO)cc1. The molecule has 0 atom stereocenters. The van der Waals surface area contributed by atoms with Crippen LogP contribution >= 0.6 is 11.6 Å². The van der Waals surface area contributed by atoms with Crippen LogP contribution < -0.4 is 9.47 Å². The summed E-state index contributed by atoms with van der Waals surface area (Å²) < 4.78 is 11.2. The number of halogens is 1. The lowest BCUT2D eigenvalue weighted by atomic mass is 9.96. The van der Waals surface area contributed by atoms with Gasteiger partial charge in [0.2, 0.25) is 0 Å². The van der Waals surface area contributed by atoms with E-state index in [0.717, 1.165) is 39.3 Å². The summed E-state index contributed by atoms with van der Waals surface area (Å²) >= 11 is 6.47. The van der Waals surface area contributed by atoms with Gasteiger partial charge in [0.05, 0.1) is 7.11 Å². The maximum Gasteiger partial charge on any atom is 0.119 e. The van der Waals surface area contributed by atoms with Gasteiger partial charge >= 0.3 is 0 Å². The Morgan fingerprint density at radius 3 is 2.19 bits per heavy atom. The fraction of sp³-hybridized carbons (Fsp3) is 0.0938. The van der Waals surface area contributed by atoms with Crippen molar-refractivity contribution in [1.82, 2.24) is 0 Å². The molecule has 0 bridgehead atoms. The van der Waals surface area contributed by atoms with Crippen LogP contribution in [0, 0.1) is 0 Å². The van der Waals surface area contributed by atoms with Gasteiger partial charge in [0, 0.05) is 5.02 Å². The lowest BCUT2D eigenvalue weighted by Crippen LogP contribution is -1.98. The highest BCUT2D eigenvalue weighted by Crippen LogP contribution is 2.27. The standard InChI is InChI=1S/C32H28ClNO3/c1-36-30-17-12-24(13-18-30)11-16-29(34-35)22-28(21-27-9-5-6-10-32(27)33)26-14-19-31(20-15-26)37-23-25-7-3-2-4-8-25/h2-20,22,35H,21,23H2,1H3. The Labute approximate surface area is 222 Å². The van der Waals surface area contributed by atoms with Gasteiger partial charge in [-0.3, -0.25) is 0 Å². The van der Waals surface area contributed by atoms with Crippen LogP contribution in [0.5, 0.6) is 11.5 Å². The van der Waals surface area contributed by atoms with Gasteiger partial charge in [-0.1, -0.05) is 95.6 Å². The molecule has 0 heterocycles. The Kier molecular flexibility index (Phi) is 9.17. The van der Waals surface area contributed by atoms with Crippen LogP contribution in [0.3, 0.4) is 0 Å². The molecule has 186 valence electrons. The van der Waals surface area contributed by atoms with Gasteiger partial charge in [0.1, 0.15) is 23.8 Å². The third kappa shape index (κ3) is 7.60. The smallest absolute Gasteiger partial charge is 0.119 e. The lowest BCUT2D eigenvalue weighted by Gasteiger charge is -2.12. The van der Waals surface area contributed by atoms with Crippen molar-refractivity contribution in [3.63, 3.8) is 0 Å². The molecule has 37 heavy (non-hydrogen) atoms. The molecular weight excluding hydrogens is 482 g/mol. The van der Waals surface area contributed by atoms with E-state index in [1.807, 2.05) is 115 Å². The maximum atomic E-state index is 9.75. The van der Waals surface area contributed by atoms with E-state index in [-0.39, 0.29) is 0 Å². The highest BCUT2D eigenvalue weighted by Gasteiger charge is 2.09. The number of hydrogen-bond donors (Lipinski definition) is 1. The van der Waals surface area contributed by atoms with Crippen LogP contribution in [0.4, 0.5) is 0 Å². The highest BCUT2D eigenvalue weighted by atomic mass is 35.5. The zero-order valence-electron chi connectivity index (χ0n) is 20.6. The molecule has 0 aromatic heterocycles. The summed E-state index contributed by atoms with van der Waals surface area (Å²) in [7, 11) is 1.63. The summed E-state index contributed by atoms with van der Waals surface area (Å²) in [4.78, 5) is 0. The van der Waals surface area contributed by atoms with Crippen molar-refractivity contribution in [2.24, 2.45) is 5.16 Å². The van der Waals surface area contributed by atoms with Gasteiger partial charge in [-0.2, -0.15) is 0 Å². The van der Waals surface area contributed by atoms with Gasteiger partial charge < -0.3 is 14.7 Å². The zero-order valence-corrected chi connectivity index (χ0v) is 21.3. The summed E-state index contributed by atoms with van der Waals surface area (Å²) in [5.74, 6) is 1.56. The van der Waals surface area contributed by atoms with Crippen molar-refractivity contribution in [2.45, 2.75) is 13.0 Å². The molecule has 5 heteroatoms. The number of rotatable bonds is 10. The topological polar surface area (TPSA) is 51.0 Å². The minimum absolute atomic E-state index is 0.419. The average molecular weight is 510 g/mol. The first kappa shape index (κ1) is 25.8. The molecule has 0 aliphatic heterocycles. The molecule has 0 fully saturated rings. The predicted octanol–water partition coefficient (Wildman–Crippen LogP) is 8.10. The van der Waals surface area contributed by atoms with Crippen molar-refractivity contribution in [1.29, 1.82) is 0 Å². The summed E-state index contributed by atoms with van der Waals surface area (Å²) in [6.07, 6.45) is 6.09. The van der Waals surface area contributed by atoms with Crippen molar-refractivity contribution >= 4 is 29.0 Å². The summed E-state index contributed by atoms with van der Waals surface area (Å²) in [5, 5.41) is 14.0. The lowest BCUT2D eigenvalue weighted by molar-refractivity contribution is 0.306. The molecule has 0 spiro atoms. The van der Waals surface area contributed by atoms with Gasteiger partial charge in [-0.25, -0.2) is 0 Å². The second-order valence-electron chi connectivity index (χ2n) is 8.37. The normalized spacial score (nSPS) is 12.1. The zero-order chi connectivity index (χ0) is 25.9. The van der Waals surface area contributed by atoms with Crippen molar-refractivity contribution in [2.75, 3.05) is 7.11 Å². The number of benzene rings is 4. The molecule has 1 N–H and O–H groups in total. The molecule has 0 aliphatic rings. The van der Waals surface area contributed by atoms with Crippen LogP contribution in [0.15, 0.2) is 120 Å². The Hall–Kier alpha value is -4.28. The Balaban J connectivity index is 1.57. The van der Waals surface area contributed by atoms with Crippen LogP contribution in [0.25, 0.3) is 11.6 Å². The minimum atomic E-state index is 0.419. The monoisotopic (exact) mass is 509 g/mol. The first-order valence-electron chi connectivity index (χ1n) is 11.9. The number of allylic oxidation sites excluding steroid dienone is 3. The predicted molar refractivity (Wildman–Crippen MR) is 152 cm³/mol. The molecule has 0 saturated heterocycles. The van der Waals surface area contributed by atoms with Crippen LogP contribution in [-0.2, 0) is 13.0 Å². The highest BCUT2D eigenvalue weighted by molar-refractivity contribution is 6.31. The van der Waals surface area contributed by atoms with Gasteiger partial charge in [-0.15, -0.1) is 0 Å². The molecule has 4 nitrogen and oxygen atoms in total. The van der Waals surface area contributed by atoms with Crippen molar-refractivity contribution in [3.8, 4) is 11.5 Å². The van der Waals surface area contributed by atoms with E-state index >= 15 is 0 Å². The third-order valence-corrected chi connectivity index (χ3v) is 6.18. The first-order valence-corrected chi connectivity index (χ1v) is 12.3. The quantitative estimate of drug-likeness (QED) is 0.133. The van der Waals surface area contributed by atoms with E-state index in [4.69, 9.17) is 21.1 Å². The summed E-state index contributed by atoms with van der Waals surface area (Å²) in [6, 6.07) is 33.3. The Bertz CT molecular complexity index is 1380. The van der Waals surface area contributed by atoms with E-state index in [9.17, 15) is 5.21 Å². The number of methoxy groups -OCH3 is 1. The minimum Gasteiger partial charge on any atom is -0.497 e. The van der Waals surface area contributed by atoms with E-state index in [1.54, 1.807) is 13.2 Å². The van der Waals surface area contributed by atoms with E-state index in [1.165, 1.54) is 0 Å². The average Bonchev–Trinajstić information content (AvgIpc) is 2.95. The summed E-state index contributed by atoms with van der Waals surface area (Å²) in [5.41, 5.74) is 5.40. The van der Waals surface area contributed by atoms with Crippen LogP contribution in [0.1, 0.15) is 22.3 Å². The molecule has 0 radical (unpaired) electrons. The molecule has 0 saturated carbocycles. The molecule has 0 unspecified atom stereocenters. The van der Waals surface area contributed by atoms with E-state index in [0.29, 0.717) is 23.8 Å². The molecule has 0 amide bonds. The molecule has 4 aromatic rings. The maximum absolute atomic E-state index is 9.75. The van der Waals surface area contributed by atoms with Crippen molar-refractivity contribution in [3.05, 3.63) is 143 Å². The molecule has 4 rings (SSSR count). The molecule has 0 aliphatic carbocycles. The fourth-order valence-electron chi connectivity index (χ4n) is 3.77. The first-order chi connectivity index (χ1) is 18.1. The van der Waals surface area contributed by atoms with Gasteiger partial charge in [-0.05, 0) is 76.7 Å². The fourth-order valence-corrected chi connectivity index (χ4v) is 3.98. The number of nitrogens with zero attached hydrogens (tertiary/aromatic N) is 1. The number of hydrogen-bond acceptors (Lipinski definition) is 4. The van der Waals surface area contributed by atoms with Gasteiger partial charge in [0.25, 0.3) is 0 Å². The molecular formula is C32H28ClNO3. The second kappa shape index (κ2) is 13.1. The van der Waals surface area contributed by atoms with Crippen LogP contribution in [-0.4, -0.2) is 18.0 Å². The second-order valence-corrected chi connectivity index (χ2v) is 8.77. The van der Waals surface area contributed by atoms with Crippen molar-refractivity contribution < 1.29 is 14.7 Å². The largest absolute Gasteiger partial charge is 0.497 e. The summed E-state index contributed by atoms with van der Waals surface area (Å²) in [6.45, 7) is 0.500. The number of oxime groups is 1.